The van der Waals surface area contributed by atoms with Crippen molar-refractivity contribution in [2.45, 2.75) is 148 Å². The zero-order chi connectivity index (χ0) is 23.3. The maximum Gasteiger partial charge on any atom is 0.119 e. The molecular formula is C29H52O3. The molecule has 0 aliphatic carbocycles. The second kappa shape index (κ2) is 20.4. The van der Waals surface area contributed by atoms with Crippen LogP contribution in [0.4, 0.5) is 0 Å². The van der Waals surface area contributed by atoms with Gasteiger partial charge in [0.2, 0.25) is 0 Å². The molecule has 1 aromatic carbocycles. The Morgan fingerprint density at radius 3 is 1.34 bits per heavy atom. The van der Waals surface area contributed by atoms with E-state index < -0.39 is 0 Å². The van der Waals surface area contributed by atoms with Crippen LogP contribution in [0, 0.1) is 0 Å². The molecule has 0 amide bonds. The van der Waals surface area contributed by atoms with Gasteiger partial charge in [0.05, 0.1) is 6.10 Å². The van der Waals surface area contributed by atoms with E-state index in [1.54, 1.807) is 12.1 Å². The fourth-order valence-corrected chi connectivity index (χ4v) is 4.59. The van der Waals surface area contributed by atoms with Crippen LogP contribution in [0.3, 0.4) is 0 Å². The van der Waals surface area contributed by atoms with Gasteiger partial charge in [-0.1, -0.05) is 116 Å². The van der Waals surface area contributed by atoms with Crippen molar-refractivity contribution in [1.29, 1.82) is 0 Å². The van der Waals surface area contributed by atoms with Gasteiger partial charge in [-0.15, -0.1) is 0 Å². The van der Waals surface area contributed by atoms with E-state index in [1.807, 2.05) is 0 Å². The molecule has 1 unspecified atom stereocenters. The molecule has 0 spiro atoms. The summed E-state index contributed by atoms with van der Waals surface area (Å²) >= 11 is 0. The predicted octanol–water partition coefficient (Wildman–Crippen LogP) is 8.82. The normalized spacial score (nSPS) is 12.3. The smallest absolute Gasteiger partial charge is 0.119 e. The van der Waals surface area contributed by atoms with E-state index in [0.29, 0.717) is 0 Å². The van der Waals surface area contributed by atoms with E-state index in [4.69, 9.17) is 0 Å². The van der Waals surface area contributed by atoms with Crippen molar-refractivity contribution in [2.24, 2.45) is 0 Å². The van der Waals surface area contributed by atoms with Crippen molar-refractivity contribution in [1.82, 2.24) is 0 Å². The molecule has 3 N–H and O–H groups in total. The topological polar surface area (TPSA) is 60.7 Å². The summed E-state index contributed by atoms with van der Waals surface area (Å²) in [6.07, 6.45) is 26.5. The fourth-order valence-electron chi connectivity index (χ4n) is 4.59. The van der Waals surface area contributed by atoms with Crippen molar-refractivity contribution >= 4 is 0 Å². The van der Waals surface area contributed by atoms with Gasteiger partial charge in [0.15, 0.2) is 0 Å². The van der Waals surface area contributed by atoms with Crippen LogP contribution in [0.2, 0.25) is 0 Å². The highest BCUT2D eigenvalue weighted by Gasteiger charge is 2.05. The molecule has 0 saturated heterocycles. The van der Waals surface area contributed by atoms with Crippen LogP contribution in [-0.2, 0) is 6.42 Å². The van der Waals surface area contributed by atoms with Gasteiger partial charge in [-0.25, -0.2) is 0 Å². The molecule has 0 fully saturated rings. The minimum absolute atomic E-state index is 0.101. The molecule has 0 aliphatic heterocycles. The Hall–Kier alpha value is -1.22. The average Bonchev–Trinajstić information content (AvgIpc) is 2.75. The number of benzene rings is 1. The Labute approximate surface area is 198 Å². The van der Waals surface area contributed by atoms with E-state index in [9.17, 15) is 15.3 Å². The zero-order valence-electron chi connectivity index (χ0n) is 21.0. The van der Waals surface area contributed by atoms with Crippen LogP contribution in [0.15, 0.2) is 18.2 Å². The fraction of sp³-hybridized carbons (Fsp3) is 0.793. The minimum Gasteiger partial charge on any atom is -0.508 e. The molecule has 0 aromatic heterocycles. The number of rotatable bonds is 22. The number of hydrogen-bond acceptors (Lipinski definition) is 3. The molecule has 3 nitrogen and oxygen atoms in total. The molecule has 0 aliphatic rings. The lowest BCUT2D eigenvalue weighted by molar-refractivity contribution is 0.148. The first-order chi connectivity index (χ1) is 15.6. The Balaban J connectivity index is 1.80. The van der Waals surface area contributed by atoms with Crippen LogP contribution < -0.4 is 0 Å². The molecule has 1 rings (SSSR count). The third-order valence-electron chi connectivity index (χ3n) is 6.61. The SMILES string of the molecule is CCCCCCCCCCCCCCCCCCCC(O)CCCc1cc(O)cc(O)c1. The molecule has 1 aromatic rings. The number of aliphatic hydroxyl groups excluding tert-OH is 1. The Bertz CT molecular complexity index is 523. The highest BCUT2D eigenvalue weighted by atomic mass is 16.3. The van der Waals surface area contributed by atoms with Crippen LogP contribution in [-0.4, -0.2) is 21.4 Å². The molecule has 186 valence electrons. The lowest BCUT2D eigenvalue weighted by Crippen LogP contribution is -2.06. The lowest BCUT2D eigenvalue weighted by Gasteiger charge is -2.10. The largest absolute Gasteiger partial charge is 0.508 e. The van der Waals surface area contributed by atoms with Crippen LogP contribution in [0.5, 0.6) is 11.5 Å². The molecule has 32 heavy (non-hydrogen) atoms. The first-order valence-corrected chi connectivity index (χ1v) is 13.8. The third-order valence-corrected chi connectivity index (χ3v) is 6.61. The van der Waals surface area contributed by atoms with Gasteiger partial charge < -0.3 is 15.3 Å². The molecule has 3 heteroatoms. The van der Waals surface area contributed by atoms with Gasteiger partial charge in [0, 0.05) is 6.07 Å². The average molecular weight is 449 g/mol. The highest BCUT2D eigenvalue weighted by molar-refractivity contribution is 5.36. The van der Waals surface area contributed by atoms with E-state index in [1.165, 1.54) is 109 Å². The summed E-state index contributed by atoms with van der Waals surface area (Å²) in [5.74, 6) is 0.202. The summed E-state index contributed by atoms with van der Waals surface area (Å²) in [7, 11) is 0. The van der Waals surface area contributed by atoms with Crippen LogP contribution >= 0.6 is 0 Å². The van der Waals surface area contributed by atoms with Crippen LogP contribution in [0.1, 0.15) is 141 Å². The van der Waals surface area contributed by atoms with E-state index >= 15 is 0 Å². The summed E-state index contributed by atoms with van der Waals surface area (Å²) in [6.45, 7) is 2.28. The summed E-state index contributed by atoms with van der Waals surface area (Å²) in [5.41, 5.74) is 0.924. The Morgan fingerprint density at radius 1 is 0.531 bits per heavy atom. The first kappa shape index (κ1) is 28.8. The van der Waals surface area contributed by atoms with E-state index in [2.05, 4.69) is 6.92 Å². The van der Waals surface area contributed by atoms with Gasteiger partial charge in [0.25, 0.3) is 0 Å². The van der Waals surface area contributed by atoms with Gasteiger partial charge in [-0.2, -0.15) is 0 Å². The zero-order valence-corrected chi connectivity index (χ0v) is 21.0. The monoisotopic (exact) mass is 448 g/mol. The number of aliphatic hydroxyl groups is 1. The van der Waals surface area contributed by atoms with Crippen molar-refractivity contribution < 1.29 is 15.3 Å². The Morgan fingerprint density at radius 2 is 0.906 bits per heavy atom. The number of aryl methyl sites for hydroxylation is 1. The molecule has 1 atom stereocenters. The molecule has 0 radical (unpaired) electrons. The lowest BCUT2D eigenvalue weighted by atomic mass is 10.0. The summed E-state index contributed by atoms with van der Waals surface area (Å²) in [6, 6.07) is 4.71. The van der Waals surface area contributed by atoms with E-state index in [0.717, 1.165) is 37.7 Å². The summed E-state index contributed by atoms with van der Waals surface area (Å²) in [5, 5.41) is 29.2. The molecule has 0 saturated carbocycles. The number of hydrogen-bond donors (Lipinski definition) is 3. The maximum atomic E-state index is 10.2. The maximum absolute atomic E-state index is 10.2. The summed E-state index contributed by atoms with van der Waals surface area (Å²) < 4.78 is 0. The van der Waals surface area contributed by atoms with Crippen molar-refractivity contribution in [3.8, 4) is 11.5 Å². The minimum atomic E-state index is -0.225. The number of phenols is 2. The van der Waals surface area contributed by atoms with Gasteiger partial charge in [-0.3, -0.25) is 0 Å². The Kier molecular flexibility index (Phi) is 18.4. The second-order valence-electron chi connectivity index (χ2n) is 9.85. The number of unbranched alkanes of at least 4 members (excludes halogenated alkanes) is 16. The molecule has 0 heterocycles. The van der Waals surface area contributed by atoms with Gasteiger partial charge >= 0.3 is 0 Å². The van der Waals surface area contributed by atoms with Gasteiger partial charge in [-0.05, 0) is 43.4 Å². The van der Waals surface area contributed by atoms with Crippen LogP contribution in [0.25, 0.3) is 0 Å². The molecular weight excluding hydrogens is 396 g/mol. The van der Waals surface area contributed by atoms with Crippen molar-refractivity contribution in [3.63, 3.8) is 0 Å². The quantitative estimate of drug-likeness (QED) is 0.155. The van der Waals surface area contributed by atoms with Crippen molar-refractivity contribution in [2.75, 3.05) is 0 Å². The third kappa shape index (κ3) is 17.3. The van der Waals surface area contributed by atoms with Gasteiger partial charge in [0.1, 0.15) is 11.5 Å². The van der Waals surface area contributed by atoms with Crippen molar-refractivity contribution in [3.05, 3.63) is 23.8 Å². The number of aromatic hydroxyl groups is 2. The number of phenolic OH excluding ortho intramolecular Hbond substituents is 2. The predicted molar refractivity (Wildman–Crippen MR) is 137 cm³/mol. The first-order valence-electron chi connectivity index (χ1n) is 13.8. The summed E-state index contributed by atoms with van der Waals surface area (Å²) in [4.78, 5) is 0. The molecule has 0 bridgehead atoms. The van der Waals surface area contributed by atoms with E-state index in [-0.39, 0.29) is 17.6 Å². The highest BCUT2D eigenvalue weighted by Crippen LogP contribution is 2.22. The standard InChI is InChI=1S/C29H52O3/c1-2-3-4-5-6-7-8-9-10-11-12-13-14-15-16-17-18-21-27(30)22-19-20-26-23-28(31)25-29(32)24-26/h23-25,27,30-32H,2-22H2,1H3. The second-order valence-corrected chi connectivity index (χ2v) is 9.85.